The van der Waals surface area contributed by atoms with Crippen LogP contribution in [0.1, 0.15) is 0 Å². The smallest absolute Gasteiger partial charge is 0.304 e. The van der Waals surface area contributed by atoms with Gasteiger partial charge in [-0.25, -0.2) is 13.2 Å². The zero-order chi connectivity index (χ0) is 17.8. The number of nitrogens with one attached hydrogen (secondary N) is 1. The maximum absolute atomic E-state index is 12.5. The van der Waals surface area contributed by atoms with Gasteiger partial charge in [0, 0.05) is 16.1 Å². The first-order chi connectivity index (χ1) is 11.8. The molecule has 0 aliphatic rings. The molecule has 0 bridgehead atoms. The molecule has 0 aliphatic carbocycles. The molecule has 2 aromatic carbocycles. The molecule has 0 atom stereocenters. The van der Waals surface area contributed by atoms with E-state index in [-0.39, 0.29) is 10.6 Å². The SMILES string of the molecule is CS(=O)(=O)c1ccc(-n2c(=O)[nH]c3cnc4ccc(Br)cc4c32)cc1. The second-order valence-corrected chi connectivity index (χ2v) is 8.64. The number of pyridine rings is 1. The molecule has 0 saturated carbocycles. The molecule has 0 amide bonds. The third kappa shape index (κ3) is 2.67. The molecule has 0 unspecified atom stereocenters. The van der Waals surface area contributed by atoms with Crippen LogP contribution in [0.3, 0.4) is 0 Å². The average Bonchev–Trinajstić information content (AvgIpc) is 2.90. The molecule has 6 nitrogen and oxygen atoms in total. The molecule has 2 aromatic heterocycles. The van der Waals surface area contributed by atoms with Crippen molar-refractivity contribution in [2.24, 2.45) is 0 Å². The number of nitrogens with zero attached hydrogens (tertiary/aromatic N) is 2. The van der Waals surface area contributed by atoms with E-state index < -0.39 is 9.84 Å². The lowest BCUT2D eigenvalue weighted by atomic mass is 10.2. The Labute approximate surface area is 151 Å². The van der Waals surface area contributed by atoms with Crippen LogP contribution in [0, 0.1) is 0 Å². The van der Waals surface area contributed by atoms with Gasteiger partial charge in [0.25, 0.3) is 0 Å². The Morgan fingerprint density at radius 3 is 2.52 bits per heavy atom. The fourth-order valence-corrected chi connectivity index (χ4v) is 3.84. The maximum Gasteiger partial charge on any atom is 0.331 e. The molecule has 0 spiro atoms. The molecular weight excluding hydrogens is 406 g/mol. The van der Waals surface area contributed by atoms with E-state index in [4.69, 9.17) is 0 Å². The number of fused-ring (bicyclic) bond motifs is 3. The molecule has 8 heteroatoms. The predicted octanol–water partition coefficient (Wildman–Crippen LogP) is 3.03. The van der Waals surface area contributed by atoms with Crippen LogP contribution in [0.2, 0.25) is 0 Å². The third-order valence-electron chi connectivity index (χ3n) is 3.99. The Morgan fingerprint density at radius 2 is 1.84 bits per heavy atom. The Kier molecular flexibility index (Phi) is 3.55. The van der Waals surface area contributed by atoms with Crippen LogP contribution < -0.4 is 5.69 Å². The Bertz CT molecular complexity index is 1290. The van der Waals surface area contributed by atoms with Gasteiger partial charge >= 0.3 is 5.69 Å². The van der Waals surface area contributed by atoms with Crippen LogP contribution in [-0.2, 0) is 9.84 Å². The van der Waals surface area contributed by atoms with E-state index in [0.29, 0.717) is 16.7 Å². The molecule has 1 N–H and O–H groups in total. The van der Waals surface area contributed by atoms with Crippen molar-refractivity contribution in [3.8, 4) is 5.69 Å². The van der Waals surface area contributed by atoms with Gasteiger partial charge in [0.1, 0.15) is 0 Å². The predicted molar refractivity (Wildman–Crippen MR) is 100 cm³/mol. The van der Waals surface area contributed by atoms with Crippen molar-refractivity contribution in [3.63, 3.8) is 0 Å². The highest BCUT2D eigenvalue weighted by Gasteiger charge is 2.14. The van der Waals surface area contributed by atoms with Crippen molar-refractivity contribution in [3.05, 3.63) is 63.6 Å². The number of hydrogen-bond donors (Lipinski definition) is 1. The van der Waals surface area contributed by atoms with Gasteiger partial charge in [0.2, 0.25) is 0 Å². The van der Waals surface area contributed by atoms with E-state index >= 15 is 0 Å². The number of benzene rings is 2. The summed E-state index contributed by atoms with van der Waals surface area (Å²) in [6.45, 7) is 0. The summed E-state index contributed by atoms with van der Waals surface area (Å²) in [5.41, 5.74) is 2.34. The molecule has 0 aliphatic heterocycles. The molecule has 25 heavy (non-hydrogen) atoms. The number of H-pyrrole nitrogens is 1. The summed E-state index contributed by atoms with van der Waals surface area (Å²) >= 11 is 3.45. The number of imidazole rings is 1. The molecule has 4 rings (SSSR count). The second-order valence-electron chi connectivity index (χ2n) is 5.71. The zero-order valence-corrected chi connectivity index (χ0v) is 15.4. The van der Waals surface area contributed by atoms with E-state index in [0.717, 1.165) is 21.6 Å². The lowest BCUT2D eigenvalue weighted by Crippen LogP contribution is -2.14. The average molecular weight is 418 g/mol. The van der Waals surface area contributed by atoms with E-state index in [2.05, 4.69) is 25.9 Å². The van der Waals surface area contributed by atoms with E-state index in [1.807, 2.05) is 18.2 Å². The Morgan fingerprint density at radius 1 is 1.12 bits per heavy atom. The zero-order valence-electron chi connectivity index (χ0n) is 13.0. The molecular formula is C17H12BrN3O3S. The first kappa shape index (κ1) is 16.0. The molecule has 2 heterocycles. The highest BCUT2D eigenvalue weighted by molar-refractivity contribution is 9.10. The lowest BCUT2D eigenvalue weighted by molar-refractivity contribution is 0.602. The topological polar surface area (TPSA) is 84.8 Å². The van der Waals surface area contributed by atoms with Crippen molar-refractivity contribution in [2.45, 2.75) is 4.90 Å². The quantitative estimate of drug-likeness (QED) is 0.543. The molecule has 126 valence electrons. The normalized spacial score (nSPS) is 12.1. The summed E-state index contributed by atoms with van der Waals surface area (Å²) in [6, 6.07) is 11.9. The van der Waals surface area contributed by atoms with Crippen LogP contribution in [-0.4, -0.2) is 29.2 Å². The van der Waals surface area contributed by atoms with Gasteiger partial charge in [0.15, 0.2) is 9.84 Å². The number of halogens is 1. The van der Waals surface area contributed by atoms with Gasteiger partial charge < -0.3 is 4.98 Å². The number of hydrogen-bond acceptors (Lipinski definition) is 4. The molecule has 4 aromatic rings. The molecule has 0 radical (unpaired) electrons. The van der Waals surface area contributed by atoms with Crippen molar-refractivity contribution in [1.82, 2.24) is 14.5 Å². The first-order valence-corrected chi connectivity index (χ1v) is 10.0. The van der Waals surface area contributed by atoms with Gasteiger partial charge in [0.05, 0.1) is 33.3 Å². The Balaban J connectivity index is 2.06. The summed E-state index contributed by atoms with van der Waals surface area (Å²) in [6.07, 6.45) is 2.77. The van der Waals surface area contributed by atoms with Crippen molar-refractivity contribution in [2.75, 3.05) is 6.26 Å². The largest absolute Gasteiger partial charge is 0.331 e. The molecule has 0 fully saturated rings. The van der Waals surface area contributed by atoms with Crippen molar-refractivity contribution in [1.29, 1.82) is 0 Å². The summed E-state index contributed by atoms with van der Waals surface area (Å²) in [7, 11) is -3.29. The Hall–Kier alpha value is -2.45. The van der Waals surface area contributed by atoms with Crippen LogP contribution in [0.15, 0.2) is 62.8 Å². The van der Waals surface area contributed by atoms with Crippen LogP contribution in [0.5, 0.6) is 0 Å². The maximum atomic E-state index is 12.5. The number of aromatic nitrogens is 3. The number of rotatable bonds is 2. The highest BCUT2D eigenvalue weighted by atomic mass is 79.9. The van der Waals surface area contributed by atoms with Gasteiger partial charge in [-0.3, -0.25) is 9.55 Å². The highest BCUT2D eigenvalue weighted by Crippen LogP contribution is 2.27. The van der Waals surface area contributed by atoms with Crippen LogP contribution >= 0.6 is 15.9 Å². The minimum atomic E-state index is -3.29. The second kappa shape index (κ2) is 5.53. The van der Waals surface area contributed by atoms with E-state index in [9.17, 15) is 13.2 Å². The number of aromatic amines is 1. The van der Waals surface area contributed by atoms with Gasteiger partial charge in [-0.2, -0.15) is 0 Å². The summed E-state index contributed by atoms with van der Waals surface area (Å²) in [4.78, 5) is 19.9. The summed E-state index contributed by atoms with van der Waals surface area (Å²) < 4.78 is 25.7. The standard InChI is InChI=1S/C17H12BrN3O3S/c1-25(23,24)12-5-3-11(4-6-12)21-16-13-8-10(18)2-7-14(13)19-9-15(16)20-17(21)22/h2-9H,1H3,(H,20,22). The van der Waals surface area contributed by atoms with Gasteiger partial charge in [-0.05, 0) is 42.5 Å². The summed E-state index contributed by atoms with van der Waals surface area (Å²) in [5.74, 6) is 0. The minimum Gasteiger partial charge on any atom is -0.304 e. The minimum absolute atomic E-state index is 0.207. The van der Waals surface area contributed by atoms with Gasteiger partial charge in [-0.1, -0.05) is 15.9 Å². The lowest BCUT2D eigenvalue weighted by Gasteiger charge is -2.07. The fraction of sp³-hybridized carbons (Fsp3) is 0.0588. The van der Waals surface area contributed by atoms with Gasteiger partial charge in [-0.15, -0.1) is 0 Å². The first-order valence-electron chi connectivity index (χ1n) is 7.34. The third-order valence-corrected chi connectivity index (χ3v) is 5.61. The monoisotopic (exact) mass is 417 g/mol. The molecule has 0 saturated heterocycles. The van der Waals surface area contributed by atoms with Crippen molar-refractivity contribution >= 4 is 47.7 Å². The number of sulfone groups is 1. The van der Waals surface area contributed by atoms with Crippen LogP contribution in [0.4, 0.5) is 0 Å². The fourth-order valence-electron chi connectivity index (χ4n) is 2.84. The van der Waals surface area contributed by atoms with Crippen LogP contribution in [0.25, 0.3) is 27.6 Å². The van der Waals surface area contributed by atoms with Crippen molar-refractivity contribution < 1.29 is 8.42 Å². The van der Waals surface area contributed by atoms with E-state index in [1.165, 1.54) is 16.7 Å². The summed E-state index contributed by atoms with van der Waals surface area (Å²) in [5, 5.41) is 0.817. The van der Waals surface area contributed by atoms with E-state index in [1.54, 1.807) is 18.3 Å².